The molecule has 0 spiro atoms. The van der Waals surface area contributed by atoms with Gasteiger partial charge in [-0.15, -0.1) is 0 Å². The maximum absolute atomic E-state index is 11.2. The predicted molar refractivity (Wildman–Crippen MR) is 85.6 cm³/mol. The van der Waals surface area contributed by atoms with Crippen LogP contribution in [0.4, 0.5) is 11.4 Å². The summed E-state index contributed by atoms with van der Waals surface area (Å²) in [4.78, 5) is 10.8. The van der Waals surface area contributed by atoms with Crippen molar-refractivity contribution in [2.75, 3.05) is 18.5 Å². The van der Waals surface area contributed by atoms with Crippen molar-refractivity contribution in [3.8, 4) is 11.5 Å². The number of benzene rings is 2. The van der Waals surface area contributed by atoms with Crippen molar-refractivity contribution < 1.29 is 14.4 Å². The van der Waals surface area contributed by atoms with Crippen LogP contribution in [0.3, 0.4) is 0 Å². The minimum atomic E-state index is -0.428. The fourth-order valence-corrected chi connectivity index (χ4v) is 2.43. The van der Waals surface area contributed by atoms with Crippen LogP contribution in [-0.2, 0) is 6.54 Å². The van der Waals surface area contributed by atoms with E-state index in [4.69, 9.17) is 9.47 Å². The fourth-order valence-electron chi connectivity index (χ4n) is 2.17. The average molecular weight is 365 g/mol. The molecular weight excluding hydrogens is 352 g/mol. The first-order valence-corrected chi connectivity index (χ1v) is 7.49. The van der Waals surface area contributed by atoms with Gasteiger partial charge in [0, 0.05) is 17.1 Å². The highest BCUT2D eigenvalue weighted by atomic mass is 79.9. The molecule has 1 N–H and O–H groups in total. The van der Waals surface area contributed by atoms with Gasteiger partial charge in [-0.1, -0.05) is 28.1 Å². The molecule has 22 heavy (non-hydrogen) atoms. The van der Waals surface area contributed by atoms with E-state index in [1.807, 2.05) is 24.3 Å². The smallest absolute Gasteiger partial charge is 0.296 e. The topological polar surface area (TPSA) is 73.6 Å². The third kappa shape index (κ3) is 3.14. The van der Waals surface area contributed by atoms with Crippen LogP contribution in [0.5, 0.6) is 11.5 Å². The highest BCUT2D eigenvalue weighted by Crippen LogP contribution is 2.39. The number of rotatable bonds is 4. The molecule has 114 valence electrons. The SMILES string of the molecule is O=[N+]([O-])c1cc2c(cc1NCc1ccc(Br)cc1)OCCO2. The summed E-state index contributed by atoms with van der Waals surface area (Å²) in [7, 11) is 0. The molecule has 1 aliphatic rings. The number of ether oxygens (including phenoxy) is 2. The number of fused-ring (bicyclic) bond motifs is 1. The van der Waals surface area contributed by atoms with E-state index in [0.717, 1.165) is 10.0 Å². The van der Waals surface area contributed by atoms with Crippen LogP contribution in [0, 0.1) is 10.1 Å². The van der Waals surface area contributed by atoms with Crippen molar-refractivity contribution in [2.45, 2.75) is 6.54 Å². The van der Waals surface area contributed by atoms with Gasteiger partial charge in [-0.25, -0.2) is 0 Å². The van der Waals surface area contributed by atoms with Gasteiger partial charge in [0.2, 0.25) is 0 Å². The Labute approximate surface area is 135 Å². The Kier molecular flexibility index (Phi) is 4.15. The number of anilines is 1. The van der Waals surface area contributed by atoms with E-state index in [-0.39, 0.29) is 5.69 Å². The summed E-state index contributed by atoms with van der Waals surface area (Å²) in [6.45, 7) is 1.32. The van der Waals surface area contributed by atoms with Crippen LogP contribution < -0.4 is 14.8 Å². The number of nitrogens with one attached hydrogen (secondary N) is 1. The molecule has 0 aromatic heterocycles. The monoisotopic (exact) mass is 364 g/mol. The summed E-state index contributed by atoms with van der Waals surface area (Å²) in [5.74, 6) is 0.933. The zero-order chi connectivity index (χ0) is 15.5. The minimum absolute atomic E-state index is 0.0265. The Balaban J connectivity index is 1.85. The number of hydrogen-bond acceptors (Lipinski definition) is 5. The van der Waals surface area contributed by atoms with Crippen LogP contribution >= 0.6 is 15.9 Å². The lowest BCUT2D eigenvalue weighted by Gasteiger charge is -2.19. The van der Waals surface area contributed by atoms with Gasteiger partial charge in [0.1, 0.15) is 18.9 Å². The normalized spacial score (nSPS) is 12.8. The summed E-state index contributed by atoms with van der Waals surface area (Å²) in [6, 6.07) is 10.8. The third-order valence-corrected chi connectivity index (χ3v) is 3.78. The molecule has 0 fully saturated rings. The fraction of sp³-hybridized carbons (Fsp3) is 0.200. The Bertz CT molecular complexity index is 703. The van der Waals surface area contributed by atoms with E-state index in [1.54, 1.807) is 6.07 Å². The van der Waals surface area contributed by atoms with Crippen molar-refractivity contribution in [2.24, 2.45) is 0 Å². The van der Waals surface area contributed by atoms with Gasteiger partial charge in [-0.2, -0.15) is 0 Å². The summed E-state index contributed by atoms with van der Waals surface area (Å²) < 4.78 is 11.8. The molecule has 0 saturated carbocycles. The van der Waals surface area contributed by atoms with Crippen LogP contribution in [0.2, 0.25) is 0 Å². The summed E-state index contributed by atoms with van der Waals surface area (Å²) in [5, 5.41) is 14.3. The lowest BCUT2D eigenvalue weighted by molar-refractivity contribution is -0.384. The van der Waals surface area contributed by atoms with Crippen LogP contribution in [0.15, 0.2) is 40.9 Å². The summed E-state index contributed by atoms with van der Waals surface area (Å²) >= 11 is 3.37. The number of nitro benzene ring substituents is 1. The zero-order valence-electron chi connectivity index (χ0n) is 11.5. The summed E-state index contributed by atoms with van der Waals surface area (Å²) in [6.07, 6.45) is 0. The molecule has 1 aliphatic heterocycles. The van der Waals surface area contributed by atoms with E-state index in [1.165, 1.54) is 6.07 Å². The van der Waals surface area contributed by atoms with E-state index >= 15 is 0 Å². The number of nitro groups is 1. The second-order valence-electron chi connectivity index (χ2n) is 4.75. The van der Waals surface area contributed by atoms with E-state index < -0.39 is 4.92 Å². The molecule has 2 aromatic carbocycles. The number of halogens is 1. The van der Waals surface area contributed by atoms with Crippen molar-refractivity contribution in [3.05, 3.63) is 56.5 Å². The molecular formula is C15H13BrN2O4. The molecule has 0 saturated heterocycles. The molecule has 3 rings (SSSR count). The molecule has 0 bridgehead atoms. The number of nitrogens with zero attached hydrogens (tertiary/aromatic N) is 1. The van der Waals surface area contributed by atoms with E-state index in [9.17, 15) is 10.1 Å². The minimum Gasteiger partial charge on any atom is -0.486 e. The van der Waals surface area contributed by atoms with Crippen LogP contribution in [-0.4, -0.2) is 18.1 Å². The molecule has 1 heterocycles. The van der Waals surface area contributed by atoms with Gasteiger partial charge in [0.15, 0.2) is 11.5 Å². The molecule has 0 unspecified atom stereocenters. The quantitative estimate of drug-likeness (QED) is 0.660. The lowest BCUT2D eigenvalue weighted by atomic mass is 10.2. The lowest BCUT2D eigenvalue weighted by Crippen LogP contribution is -2.16. The average Bonchev–Trinajstić information content (AvgIpc) is 2.53. The molecule has 0 aliphatic carbocycles. The number of hydrogen-bond donors (Lipinski definition) is 1. The molecule has 2 aromatic rings. The van der Waals surface area contributed by atoms with Gasteiger partial charge < -0.3 is 14.8 Å². The van der Waals surface area contributed by atoms with Crippen LogP contribution in [0.25, 0.3) is 0 Å². The van der Waals surface area contributed by atoms with Crippen LogP contribution in [0.1, 0.15) is 5.56 Å². The predicted octanol–water partition coefficient (Wildman–Crippen LogP) is 3.74. The van der Waals surface area contributed by atoms with Gasteiger partial charge in [-0.05, 0) is 17.7 Å². The van der Waals surface area contributed by atoms with Crippen molar-refractivity contribution in [3.63, 3.8) is 0 Å². The maximum atomic E-state index is 11.2. The molecule has 6 nitrogen and oxygen atoms in total. The Hall–Kier alpha value is -2.28. The second kappa shape index (κ2) is 6.23. The van der Waals surface area contributed by atoms with Gasteiger partial charge in [-0.3, -0.25) is 10.1 Å². The molecule has 0 atom stereocenters. The molecule has 0 radical (unpaired) electrons. The Morgan fingerprint density at radius 2 is 1.77 bits per heavy atom. The second-order valence-corrected chi connectivity index (χ2v) is 5.67. The van der Waals surface area contributed by atoms with E-state index in [2.05, 4.69) is 21.2 Å². The first-order valence-electron chi connectivity index (χ1n) is 6.70. The van der Waals surface area contributed by atoms with Crippen molar-refractivity contribution >= 4 is 27.3 Å². The largest absolute Gasteiger partial charge is 0.486 e. The Morgan fingerprint density at radius 1 is 1.14 bits per heavy atom. The van der Waals surface area contributed by atoms with Crippen molar-refractivity contribution in [1.82, 2.24) is 0 Å². The third-order valence-electron chi connectivity index (χ3n) is 3.25. The highest BCUT2D eigenvalue weighted by molar-refractivity contribution is 9.10. The van der Waals surface area contributed by atoms with Gasteiger partial charge >= 0.3 is 0 Å². The molecule has 7 heteroatoms. The molecule has 0 amide bonds. The zero-order valence-corrected chi connectivity index (χ0v) is 13.1. The van der Waals surface area contributed by atoms with Gasteiger partial charge in [0.25, 0.3) is 5.69 Å². The van der Waals surface area contributed by atoms with Gasteiger partial charge in [0.05, 0.1) is 11.0 Å². The summed E-state index contributed by atoms with van der Waals surface area (Å²) in [5.41, 5.74) is 1.41. The highest BCUT2D eigenvalue weighted by Gasteiger charge is 2.22. The maximum Gasteiger partial charge on any atom is 0.296 e. The first kappa shape index (κ1) is 14.6. The Morgan fingerprint density at radius 3 is 2.41 bits per heavy atom. The van der Waals surface area contributed by atoms with E-state index in [0.29, 0.717) is 36.9 Å². The van der Waals surface area contributed by atoms with Crippen molar-refractivity contribution in [1.29, 1.82) is 0 Å². The standard InChI is InChI=1S/C15H13BrN2O4/c16-11-3-1-10(2-4-11)9-17-12-7-14-15(22-6-5-21-14)8-13(12)18(19)20/h1-4,7-8,17H,5-6,9H2. The first-order chi connectivity index (χ1) is 10.6.